The number of hydrogen-bond donors (Lipinski definition) is 0. The first-order chi connectivity index (χ1) is 38.2. The summed E-state index contributed by atoms with van der Waals surface area (Å²) in [7, 11) is 0. The van der Waals surface area contributed by atoms with Crippen LogP contribution in [-0.2, 0) is 6.98 Å². The van der Waals surface area contributed by atoms with E-state index < -0.39 is 6.98 Å². The van der Waals surface area contributed by atoms with Gasteiger partial charge in [0, 0.05) is 55.7 Å². The summed E-state index contributed by atoms with van der Waals surface area (Å²) in [6.45, 7) is -0.205. The zero-order valence-corrected chi connectivity index (χ0v) is 40.7. The van der Waals surface area contributed by atoms with Gasteiger partial charge in [-0.05, 0) is 102 Å². The first-order valence-electron chi connectivity index (χ1n) is 26.7. The molecule has 15 rings (SSSR count). The summed E-state index contributed by atoms with van der Waals surface area (Å²) >= 11 is 0. The number of para-hydroxylation sites is 6. The van der Waals surface area contributed by atoms with Crippen LogP contribution in [0.25, 0.3) is 122 Å². The molecule has 0 aliphatic rings. The zero-order chi connectivity index (χ0) is 52.2. The molecule has 0 unspecified atom stereocenters. The van der Waals surface area contributed by atoms with Crippen molar-refractivity contribution in [3.63, 3.8) is 0 Å². The van der Waals surface area contributed by atoms with E-state index in [0.29, 0.717) is 17.0 Å². The number of hydrogen-bond acceptors (Lipinski definition) is 2. The Bertz CT molecular complexity index is 4670. The minimum absolute atomic E-state index is 0.560. The smallest absolute Gasteiger partial charge is 0.244 e. The third-order valence-corrected chi connectivity index (χ3v) is 15.0. The van der Waals surface area contributed by atoms with E-state index in [0.717, 1.165) is 100 Å². The van der Waals surface area contributed by atoms with Crippen LogP contribution < -0.4 is 9.30 Å². The number of aryl methyl sites for hydroxylation is 2. The molecule has 5 heterocycles. The van der Waals surface area contributed by atoms with Gasteiger partial charge in [0.2, 0.25) is 6.33 Å². The Morgan fingerprint density at radius 1 is 0.440 bits per heavy atom. The fourth-order valence-corrected chi connectivity index (χ4v) is 11.7. The average Bonchev–Trinajstić information content (AvgIpc) is 4.26. The summed E-state index contributed by atoms with van der Waals surface area (Å²) in [5.74, 6) is 2.00. The maximum absolute atomic E-state index is 8.21. The van der Waals surface area contributed by atoms with Gasteiger partial charge in [-0.1, -0.05) is 152 Å². The summed E-state index contributed by atoms with van der Waals surface area (Å²) < 4.78 is 41.5. The van der Waals surface area contributed by atoms with Crippen molar-refractivity contribution in [3.8, 4) is 56.6 Å². The van der Waals surface area contributed by atoms with Crippen molar-refractivity contribution in [2.75, 3.05) is 0 Å². The standard InChI is InChI=1S/C68H46N6O/c1-44-38-67(69-42-56(44)68-64(72-57-26-10-6-22-50(57)51-23-7-11-27-58(51)72)32-17-33-65(68)73-59-28-12-8-24-52(59)53-25-9-13-29-60(53)73)74-61-37-34-46(45-18-4-3-5-19-45)39-55(61)54-36-35-49(41-66(54)74)75-48-21-16-20-47(40-48)71-43-70(2)62-30-14-15-31-63(62)71/h3-42H,1-2H3/i2D3. The molecule has 0 bridgehead atoms. The van der Waals surface area contributed by atoms with Gasteiger partial charge in [-0.15, -0.1) is 0 Å². The van der Waals surface area contributed by atoms with Crippen LogP contribution in [0, 0.1) is 13.3 Å². The van der Waals surface area contributed by atoms with Crippen LogP contribution in [0.2, 0.25) is 0 Å². The summed E-state index contributed by atoms with van der Waals surface area (Å²) in [5, 5.41) is 6.93. The van der Waals surface area contributed by atoms with Gasteiger partial charge in [0.1, 0.15) is 17.3 Å². The van der Waals surface area contributed by atoms with Gasteiger partial charge in [0.15, 0.2) is 0 Å². The number of pyridine rings is 1. The lowest BCUT2D eigenvalue weighted by molar-refractivity contribution is -0.649. The third kappa shape index (κ3) is 6.68. The quantitative estimate of drug-likeness (QED) is 0.113. The molecule has 0 saturated heterocycles. The van der Waals surface area contributed by atoms with Crippen LogP contribution in [0.5, 0.6) is 11.5 Å². The van der Waals surface area contributed by atoms with E-state index in [2.05, 4.69) is 209 Å². The second-order valence-corrected chi connectivity index (χ2v) is 19.2. The molecule has 0 N–H and O–H groups in total. The van der Waals surface area contributed by atoms with Gasteiger partial charge < -0.3 is 23.0 Å². The molecule has 0 radical (unpaired) electrons. The number of aromatic nitrogens is 6. The van der Waals surface area contributed by atoms with Crippen molar-refractivity contribution in [1.29, 1.82) is 0 Å². The highest BCUT2D eigenvalue weighted by atomic mass is 16.5. The molecule has 0 fully saturated rings. The van der Waals surface area contributed by atoms with E-state index in [-0.39, 0.29) is 0 Å². The molecular formula is C68H46N6O. The van der Waals surface area contributed by atoms with Crippen LogP contribution >= 0.6 is 0 Å². The Hall–Kier alpha value is -9.98. The Balaban J connectivity index is 0.922. The Morgan fingerprint density at radius 2 is 1.00 bits per heavy atom. The molecule has 15 aromatic rings. The summed E-state index contributed by atoms with van der Waals surface area (Å²) in [4.78, 5) is 5.49. The minimum atomic E-state index is -2.41. The first kappa shape index (κ1) is 39.6. The number of nitrogens with zero attached hydrogens (tertiary/aromatic N) is 6. The third-order valence-electron chi connectivity index (χ3n) is 15.0. The van der Waals surface area contributed by atoms with Crippen molar-refractivity contribution in [2.24, 2.45) is 6.98 Å². The fourth-order valence-electron chi connectivity index (χ4n) is 11.7. The molecule has 0 atom stereocenters. The van der Waals surface area contributed by atoms with E-state index in [1.165, 1.54) is 26.1 Å². The number of imidazole rings is 1. The van der Waals surface area contributed by atoms with Crippen LogP contribution in [-0.4, -0.2) is 23.3 Å². The van der Waals surface area contributed by atoms with Gasteiger partial charge >= 0.3 is 0 Å². The zero-order valence-electron chi connectivity index (χ0n) is 43.7. The number of ether oxygens (including phenoxy) is 1. The molecule has 0 amide bonds. The van der Waals surface area contributed by atoms with Crippen LogP contribution in [0.1, 0.15) is 9.68 Å². The SMILES string of the molecule is [2H]C([2H])([2H])[n+]1[c-]n(-c2cccc(Oc3ccc4c5cc(-c6ccccc6)ccc5n(-c5cc(C)c(-c6c(-n7c8ccccc8c8ccccc87)cccc6-n6c7ccccc7c7ccccc76)cn5)c4c3)c2)c2ccccc21. The monoisotopic (exact) mass is 965 g/mol. The second-order valence-electron chi connectivity index (χ2n) is 19.2. The highest BCUT2D eigenvalue weighted by molar-refractivity contribution is 6.13. The van der Waals surface area contributed by atoms with E-state index in [1.54, 1.807) is 10.6 Å². The predicted molar refractivity (Wildman–Crippen MR) is 306 cm³/mol. The number of benzene rings is 10. The van der Waals surface area contributed by atoms with Gasteiger partial charge in [-0.25, -0.2) is 4.98 Å². The molecule has 0 aliphatic carbocycles. The lowest BCUT2D eigenvalue weighted by Gasteiger charge is -2.21. The molecule has 75 heavy (non-hydrogen) atoms. The molecule has 10 aromatic carbocycles. The molecule has 0 saturated carbocycles. The number of fused-ring (bicyclic) bond motifs is 10. The largest absolute Gasteiger partial charge is 0.458 e. The van der Waals surface area contributed by atoms with E-state index >= 15 is 0 Å². The Labute approximate surface area is 436 Å². The van der Waals surface area contributed by atoms with Crippen molar-refractivity contribution in [3.05, 3.63) is 255 Å². The molecule has 0 aliphatic heterocycles. The predicted octanol–water partition coefficient (Wildman–Crippen LogP) is 16.4. The number of rotatable bonds is 8. The molecular weight excluding hydrogens is 917 g/mol. The topological polar surface area (TPSA) is 45.7 Å². The van der Waals surface area contributed by atoms with Crippen molar-refractivity contribution in [1.82, 2.24) is 23.3 Å². The van der Waals surface area contributed by atoms with Crippen LogP contribution in [0.15, 0.2) is 243 Å². The molecule has 7 nitrogen and oxygen atoms in total. The Morgan fingerprint density at radius 3 is 1.64 bits per heavy atom. The Kier molecular flexibility index (Phi) is 8.87. The van der Waals surface area contributed by atoms with Crippen LogP contribution in [0.3, 0.4) is 0 Å². The normalized spacial score (nSPS) is 12.6. The van der Waals surface area contributed by atoms with E-state index in [9.17, 15) is 0 Å². The lowest BCUT2D eigenvalue weighted by Crippen LogP contribution is -2.26. The van der Waals surface area contributed by atoms with Gasteiger partial charge in [-0.2, -0.15) is 0 Å². The maximum atomic E-state index is 8.21. The first-order valence-corrected chi connectivity index (χ1v) is 25.2. The fraction of sp³-hybridized carbons (Fsp3) is 0.0294. The van der Waals surface area contributed by atoms with Crippen molar-refractivity contribution in [2.45, 2.75) is 6.92 Å². The molecule has 7 heteroatoms. The molecule has 5 aromatic heterocycles. The van der Waals surface area contributed by atoms with Crippen molar-refractivity contribution < 1.29 is 13.4 Å². The van der Waals surface area contributed by atoms with E-state index in [4.69, 9.17) is 13.8 Å². The minimum Gasteiger partial charge on any atom is -0.458 e. The highest BCUT2D eigenvalue weighted by Crippen LogP contribution is 2.44. The van der Waals surface area contributed by atoms with Crippen LogP contribution in [0.4, 0.5) is 0 Å². The molecule has 0 spiro atoms. The van der Waals surface area contributed by atoms with E-state index in [1.807, 2.05) is 54.6 Å². The van der Waals surface area contributed by atoms with Gasteiger partial charge in [0.05, 0.1) is 72.3 Å². The van der Waals surface area contributed by atoms with Crippen molar-refractivity contribution >= 4 is 76.5 Å². The summed E-state index contributed by atoms with van der Waals surface area (Å²) in [6, 6.07) is 82.1. The summed E-state index contributed by atoms with van der Waals surface area (Å²) in [5.41, 5.74) is 16.0. The molecule has 354 valence electrons. The summed E-state index contributed by atoms with van der Waals surface area (Å²) in [6.07, 6.45) is 5.15. The lowest BCUT2D eigenvalue weighted by atomic mass is 9.98. The second kappa shape index (κ2) is 16.8. The maximum Gasteiger partial charge on any atom is 0.244 e. The average molecular weight is 966 g/mol. The van der Waals surface area contributed by atoms with Gasteiger partial charge in [-0.3, -0.25) is 4.57 Å². The highest BCUT2D eigenvalue weighted by Gasteiger charge is 2.24. The van der Waals surface area contributed by atoms with Gasteiger partial charge in [0.25, 0.3) is 0 Å².